The van der Waals surface area contributed by atoms with Gasteiger partial charge in [-0.2, -0.15) is 0 Å². The van der Waals surface area contributed by atoms with Crippen LogP contribution in [0.4, 0.5) is 14.5 Å². The van der Waals surface area contributed by atoms with Gasteiger partial charge in [-0.25, -0.2) is 8.78 Å². The SMILES string of the molecule is CCNC(=NCC(C)(C)C(=O)NC)NC1CCN(c2c(F)cccc2F)C1.I. The maximum Gasteiger partial charge on any atom is 0.227 e. The first-order valence-electron chi connectivity index (χ1n) is 9.24. The molecule has 1 atom stereocenters. The third-order valence-electron chi connectivity index (χ3n) is 4.60. The summed E-state index contributed by atoms with van der Waals surface area (Å²) in [6.07, 6.45) is 0.733. The van der Waals surface area contributed by atoms with Gasteiger partial charge in [0, 0.05) is 32.7 Å². The largest absolute Gasteiger partial charge is 0.365 e. The van der Waals surface area contributed by atoms with Crippen LogP contribution in [0.25, 0.3) is 0 Å². The lowest BCUT2D eigenvalue weighted by atomic mass is 9.93. The second kappa shape index (κ2) is 10.8. The Labute approximate surface area is 182 Å². The summed E-state index contributed by atoms with van der Waals surface area (Å²) in [7, 11) is 1.60. The molecule has 0 aliphatic carbocycles. The molecule has 28 heavy (non-hydrogen) atoms. The number of aliphatic imine (C=N–C) groups is 1. The molecule has 0 saturated carbocycles. The summed E-state index contributed by atoms with van der Waals surface area (Å²) >= 11 is 0. The fraction of sp³-hybridized carbons (Fsp3) is 0.579. The van der Waals surface area contributed by atoms with Gasteiger partial charge in [0.25, 0.3) is 0 Å². The lowest BCUT2D eigenvalue weighted by molar-refractivity contribution is -0.128. The Kier molecular flexibility index (Phi) is 9.38. The molecule has 3 N–H and O–H groups in total. The molecule has 1 aromatic carbocycles. The minimum atomic E-state index is -0.630. The van der Waals surface area contributed by atoms with Crippen molar-refractivity contribution < 1.29 is 13.6 Å². The van der Waals surface area contributed by atoms with E-state index in [1.807, 2.05) is 20.8 Å². The van der Waals surface area contributed by atoms with Crippen LogP contribution in [-0.4, -0.2) is 51.1 Å². The second-order valence-electron chi connectivity index (χ2n) is 7.30. The standard InChI is InChI=1S/C19H29F2N5O.HI/c1-5-23-18(24-12-19(2,3)17(27)22-4)25-13-9-10-26(11-13)16-14(20)7-6-8-15(16)21;/h6-8,13H,5,9-12H2,1-4H3,(H,22,27)(H2,23,24,25);1H. The number of carbonyl (C=O) groups is 1. The first kappa shape index (κ1) is 24.4. The van der Waals surface area contributed by atoms with E-state index in [2.05, 4.69) is 20.9 Å². The van der Waals surface area contributed by atoms with Crippen LogP contribution in [0.1, 0.15) is 27.2 Å². The Morgan fingerprint density at radius 3 is 2.54 bits per heavy atom. The van der Waals surface area contributed by atoms with Crippen LogP contribution in [0, 0.1) is 17.0 Å². The van der Waals surface area contributed by atoms with Gasteiger partial charge in [0.1, 0.15) is 17.3 Å². The second-order valence-corrected chi connectivity index (χ2v) is 7.30. The minimum Gasteiger partial charge on any atom is -0.365 e. The number of rotatable bonds is 6. The molecule has 1 aliphatic heterocycles. The number of guanidine groups is 1. The summed E-state index contributed by atoms with van der Waals surface area (Å²) in [6, 6.07) is 3.91. The predicted molar refractivity (Wildman–Crippen MR) is 119 cm³/mol. The number of hydrogen-bond donors (Lipinski definition) is 3. The number of nitrogens with one attached hydrogen (secondary N) is 3. The van der Waals surface area contributed by atoms with E-state index in [0.717, 1.165) is 6.42 Å². The Hall–Kier alpha value is -1.65. The molecule has 1 aliphatic rings. The smallest absolute Gasteiger partial charge is 0.227 e. The average Bonchev–Trinajstić information content (AvgIpc) is 3.07. The molecule has 0 spiro atoms. The summed E-state index contributed by atoms with van der Waals surface area (Å²) in [5.74, 6) is -0.591. The van der Waals surface area contributed by atoms with E-state index in [-0.39, 0.29) is 41.6 Å². The molecule has 1 aromatic rings. The highest BCUT2D eigenvalue weighted by atomic mass is 127. The summed E-state index contributed by atoms with van der Waals surface area (Å²) in [6.45, 7) is 7.63. The Bertz CT molecular complexity index is 679. The minimum absolute atomic E-state index is 0. The zero-order valence-corrected chi connectivity index (χ0v) is 19.1. The van der Waals surface area contributed by atoms with Crippen molar-refractivity contribution in [2.24, 2.45) is 10.4 Å². The third kappa shape index (κ3) is 6.18. The first-order valence-corrected chi connectivity index (χ1v) is 9.24. The van der Waals surface area contributed by atoms with Gasteiger partial charge >= 0.3 is 0 Å². The molecule has 1 heterocycles. The van der Waals surface area contributed by atoms with Crippen LogP contribution in [0.5, 0.6) is 0 Å². The van der Waals surface area contributed by atoms with E-state index in [1.165, 1.54) is 18.2 Å². The highest BCUT2D eigenvalue weighted by molar-refractivity contribution is 14.0. The van der Waals surface area contributed by atoms with E-state index in [1.54, 1.807) is 11.9 Å². The Morgan fingerprint density at radius 2 is 1.96 bits per heavy atom. The van der Waals surface area contributed by atoms with Crippen molar-refractivity contribution in [3.63, 3.8) is 0 Å². The molecule has 1 amide bonds. The molecule has 1 unspecified atom stereocenters. The maximum atomic E-state index is 14.0. The fourth-order valence-corrected chi connectivity index (χ4v) is 3.07. The first-order chi connectivity index (χ1) is 12.8. The number of anilines is 1. The van der Waals surface area contributed by atoms with Crippen LogP contribution in [0.3, 0.4) is 0 Å². The van der Waals surface area contributed by atoms with Crippen molar-refractivity contribution in [2.45, 2.75) is 33.2 Å². The van der Waals surface area contributed by atoms with Crippen molar-refractivity contribution in [3.05, 3.63) is 29.8 Å². The topological polar surface area (TPSA) is 68.8 Å². The number of benzene rings is 1. The number of hydrogen-bond acceptors (Lipinski definition) is 3. The highest BCUT2D eigenvalue weighted by Gasteiger charge is 2.29. The van der Waals surface area contributed by atoms with Crippen molar-refractivity contribution >= 4 is 41.5 Å². The highest BCUT2D eigenvalue weighted by Crippen LogP contribution is 2.26. The number of para-hydroxylation sites is 1. The van der Waals surface area contributed by atoms with Crippen molar-refractivity contribution in [1.82, 2.24) is 16.0 Å². The van der Waals surface area contributed by atoms with Gasteiger partial charge in [0.15, 0.2) is 5.96 Å². The molecular formula is C19H30F2IN5O. The summed E-state index contributed by atoms with van der Waals surface area (Å²) in [4.78, 5) is 18.1. The van der Waals surface area contributed by atoms with E-state index in [4.69, 9.17) is 0 Å². The van der Waals surface area contributed by atoms with Crippen molar-refractivity contribution in [1.29, 1.82) is 0 Å². The van der Waals surface area contributed by atoms with E-state index < -0.39 is 17.0 Å². The number of nitrogens with zero attached hydrogens (tertiary/aromatic N) is 2. The molecule has 0 bridgehead atoms. The van der Waals surface area contributed by atoms with Gasteiger partial charge in [-0.05, 0) is 39.3 Å². The zero-order valence-electron chi connectivity index (χ0n) is 16.8. The lowest BCUT2D eigenvalue weighted by Crippen LogP contribution is -2.46. The number of halogens is 3. The quantitative estimate of drug-likeness (QED) is 0.313. The summed E-state index contributed by atoms with van der Waals surface area (Å²) < 4.78 is 28.0. The molecule has 158 valence electrons. The molecule has 1 saturated heterocycles. The van der Waals surface area contributed by atoms with E-state index in [9.17, 15) is 13.6 Å². The average molecular weight is 509 g/mol. The zero-order chi connectivity index (χ0) is 20.0. The lowest BCUT2D eigenvalue weighted by Gasteiger charge is -2.23. The maximum absolute atomic E-state index is 14.0. The van der Waals surface area contributed by atoms with Crippen molar-refractivity contribution in [3.8, 4) is 0 Å². The van der Waals surface area contributed by atoms with Gasteiger partial charge < -0.3 is 20.9 Å². The normalized spacial score (nSPS) is 17.1. The van der Waals surface area contributed by atoms with Gasteiger partial charge in [0.2, 0.25) is 5.91 Å². The van der Waals surface area contributed by atoms with Crippen LogP contribution >= 0.6 is 24.0 Å². The Morgan fingerprint density at radius 1 is 1.32 bits per heavy atom. The van der Waals surface area contributed by atoms with Crippen LogP contribution in [0.2, 0.25) is 0 Å². The number of carbonyl (C=O) groups excluding carboxylic acids is 1. The molecule has 1 fully saturated rings. The van der Waals surface area contributed by atoms with Crippen LogP contribution in [0.15, 0.2) is 23.2 Å². The molecule has 6 nitrogen and oxygen atoms in total. The van der Waals surface area contributed by atoms with E-state index >= 15 is 0 Å². The van der Waals surface area contributed by atoms with E-state index in [0.29, 0.717) is 32.1 Å². The molecule has 0 aromatic heterocycles. The molecule has 9 heteroatoms. The fourth-order valence-electron chi connectivity index (χ4n) is 3.07. The third-order valence-corrected chi connectivity index (χ3v) is 4.60. The van der Waals surface area contributed by atoms with Gasteiger partial charge in [-0.15, -0.1) is 24.0 Å². The van der Waals surface area contributed by atoms with Crippen LogP contribution < -0.4 is 20.9 Å². The monoisotopic (exact) mass is 509 g/mol. The summed E-state index contributed by atoms with van der Waals surface area (Å²) in [5, 5.41) is 9.10. The number of amides is 1. The Balaban J connectivity index is 0.00000392. The molecule has 0 radical (unpaired) electrons. The van der Waals surface area contributed by atoms with Gasteiger partial charge in [-0.1, -0.05) is 6.07 Å². The molecule has 2 rings (SSSR count). The van der Waals surface area contributed by atoms with Crippen molar-refractivity contribution in [2.75, 3.05) is 38.1 Å². The van der Waals surface area contributed by atoms with Crippen LogP contribution in [-0.2, 0) is 4.79 Å². The molecular weight excluding hydrogens is 479 g/mol. The van der Waals surface area contributed by atoms with Gasteiger partial charge in [0.05, 0.1) is 12.0 Å². The van der Waals surface area contributed by atoms with Gasteiger partial charge in [-0.3, -0.25) is 9.79 Å². The predicted octanol–water partition coefficient (Wildman–Crippen LogP) is 2.49. The summed E-state index contributed by atoms with van der Waals surface area (Å²) in [5.41, 5.74) is -0.612.